The molecule has 0 saturated heterocycles. The van der Waals surface area contributed by atoms with E-state index in [-0.39, 0.29) is 4.83 Å². The molecule has 0 N–H and O–H groups in total. The number of rotatable bonds is 2. The van der Waals surface area contributed by atoms with E-state index in [9.17, 15) is 8.78 Å². The highest BCUT2D eigenvalue weighted by Gasteiger charge is 2.24. The van der Waals surface area contributed by atoms with Gasteiger partial charge in [0.1, 0.15) is 0 Å². The Balaban J connectivity index is 2.17. The third kappa shape index (κ3) is 3.91. The molecule has 1 aromatic carbocycles. The normalized spacial score (nSPS) is 19.8. The van der Waals surface area contributed by atoms with Crippen molar-refractivity contribution < 1.29 is 8.78 Å². The average molecular weight is 352 g/mol. The monoisotopic (exact) mass is 350 g/mol. The van der Waals surface area contributed by atoms with E-state index in [1.54, 1.807) is 0 Å². The maximum Gasteiger partial charge on any atom is 0.160 e. The van der Waals surface area contributed by atoms with Gasteiger partial charge in [-0.15, -0.1) is 0 Å². The van der Waals surface area contributed by atoms with Crippen molar-refractivity contribution in [2.24, 2.45) is 5.92 Å². The molecule has 1 fully saturated rings. The van der Waals surface area contributed by atoms with Gasteiger partial charge < -0.3 is 0 Å². The Labute approximate surface area is 126 Å². The van der Waals surface area contributed by atoms with Gasteiger partial charge in [0.05, 0.1) is 0 Å². The van der Waals surface area contributed by atoms with Gasteiger partial charge in [-0.3, -0.25) is 0 Å². The SMILES string of the molecule is Fc1cc(Cl)c(C(Br)C2CCCCCCC2)cc1F. The molecule has 0 spiro atoms. The van der Waals surface area contributed by atoms with Crippen LogP contribution in [0.1, 0.15) is 55.3 Å². The summed E-state index contributed by atoms with van der Waals surface area (Å²) in [4.78, 5) is 0.00759. The Kier molecular flexibility index (Phi) is 5.64. The van der Waals surface area contributed by atoms with Crippen LogP contribution in [0.3, 0.4) is 0 Å². The van der Waals surface area contributed by atoms with Crippen molar-refractivity contribution >= 4 is 27.5 Å². The molecule has 0 amide bonds. The molecule has 1 saturated carbocycles. The molecule has 0 nitrogen and oxygen atoms in total. The maximum absolute atomic E-state index is 13.4. The standard InChI is InChI=1S/C15H18BrClF2/c16-15(10-6-4-2-1-3-5-7-10)11-8-13(18)14(19)9-12(11)17/h8-10,15H,1-7H2. The molecule has 0 bridgehead atoms. The van der Waals surface area contributed by atoms with E-state index < -0.39 is 11.6 Å². The molecule has 4 heteroatoms. The highest BCUT2D eigenvalue weighted by atomic mass is 79.9. The van der Waals surface area contributed by atoms with Gasteiger partial charge in [-0.1, -0.05) is 59.6 Å². The molecule has 0 aromatic heterocycles. The van der Waals surface area contributed by atoms with E-state index >= 15 is 0 Å². The Morgan fingerprint density at radius 2 is 1.53 bits per heavy atom. The minimum atomic E-state index is -0.883. The first-order chi connectivity index (χ1) is 9.09. The van der Waals surface area contributed by atoms with E-state index in [1.807, 2.05) is 0 Å². The zero-order valence-electron chi connectivity index (χ0n) is 10.8. The Hall–Kier alpha value is -0.150. The molecule has 1 aliphatic rings. The van der Waals surface area contributed by atoms with Crippen LogP contribution >= 0.6 is 27.5 Å². The Morgan fingerprint density at radius 1 is 1.00 bits per heavy atom. The van der Waals surface area contributed by atoms with Crippen molar-refractivity contribution in [1.29, 1.82) is 0 Å². The molecule has 0 radical (unpaired) electrons. The summed E-state index contributed by atoms with van der Waals surface area (Å²) in [5.74, 6) is -1.26. The second kappa shape index (κ2) is 7.03. The number of benzene rings is 1. The highest BCUT2D eigenvalue weighted by Crippen LogP contribution is 2.41. The molecule has 2 rings (SSSR count). The summed E-state index contributed by atoms with van der Waals surface area (Å²) in [6.45, 7) is 0. The van der Waals surface area contributed by atoms with E-state index in [1.165, 1.54) is 38.2 Å². The van der Waals surface area contributed by atoms with Crippen LogP contribution in [0.15, 0.2) is 12.1 Å². The summed E-state index contributed by atoms with van der Waals surface area (Å²) in [6.07, 6.45) is 8.48. The summed E-state index contributed by atoms with van der Waals surface area (Å²) in [5, 5.41) is 0.308. The summed E-state index contributed by atoms with van der Waals surface area (Å²) in [6, 6.07) is 2.30. The van der Waals surface area contributed by atoms with Gasteiger partial charge in [-0.2, -0.15) is 0 Å². The van der Waals surface area contributed by atoms with Crippen molar-refractivity contribution in [2.75, 3.05) is 0 Å². The van der Waals surface area contributed by atoms with Gasteiger partial charge in [0.2, 0.25) is 0 Å². The van der Waals surface area contributed by atoms with Crippen molar-refractivity contribution in [2.45, 2.75) is 49.8 Å². The van der Waals surface area contributed by atoms with Crippen LogP contribution in [-0.2, 0) is 0 Å². The zero-order chi connectivity index (χ0) is 13.8. The molecular weight excluding hydrogens is 334 g/mol. The Bertz CT molecular complexity index is 428. The molecular formula is C15H18BrClF2. The van der Waals surface area contributed by atoms with Gasteiger partial charge in [0.15, 0.2) is 11.6 Å². The second-order valence-corrected chi connectivity index (χ2v) is 6.69. The number of halogens is 4. The lowest BCUT2D eigenvalue weighted by molar-refractivity contribution is 0.373. The predicted molar refractivity (Wildman–Crippen MR) is 78.8 cm³/mol. The van der Waals surface area contributed by atoms with Gasteiger partial charge in [0.25, 0.3) is 0 Å². The van der Waals surface area contributed by atoms with E-state index in [0.717, 1.165) is 18.9 Å². The molecule has 1 aromatic rings. The number of hydrogen-bond acceptors (Lipinski definition) is 0. The summed E-state index contributed by atoms with van der Waals surface area (Å²) in [7, 11) is 0. The van der Waals surface area contributed by atoms with Crippen LogP contribution in [0.2, 0.25) is 5.02 Å². The van der Waals surface area contributed by atoms with Crippen LogP contribution in [0.4, 0.5) is 8.78 Å². The molecule has 106 valence electrons. The predicted octanol–water partition coefficient (Wildman–Crippen LogP) is 6.41. The van der Waals surface area contributed by atoms with E-state index in [0.29, 0.717) is 16.5 Å². The molecule has 1 atom stereocenters. The lowest BCUT2D eigenvalue weighted by atomic mass is 9.86. The van der Waals surface area contributed by atoms with Crippen LogP contribution in [0.5, 0.6) is 0 Å². The topological polar surface area (TPSA) is 0 Å². The van der Waals surface area contributed by atoms with Crippen molar-refractivity contribution in [3.8, 4) is 0 Å². The van der Waals surface area contributed by atoms with Crippen molar-refractivity contribution in [3.63, 3.8) is 0 Å². The third-order valence-corrected chi connectivity index (χ3v) is 5.47. The number of alkyl halides is 1. The maximum atomic E-state index is 13.4. The smallest absolute Gasteiger partial charge is 0.160 e. The van der Waals surface area contributed by atoms with Crippen LogP contribution in [-0.4, -0.2) is 0 Å². The minimum absolute atomic E-state index is 0.00759. The minimum Gasteiger partial charge on any atom is -0.204 e. The summed E-state index contributed by atoms with van der Waals surface area (Å²) < 4.78 is 26.5. The first-order valence-electron chi connectivity index (χ1n) is 6.88. The zero-order valence-corrected chi connectivity index (χ0v) is 13.1. The molecule has 1 aliphatic carbocycles. The third-order valence-electron chi connectivity index (χ3n) is 3.90. The fraction of sp³-hybridized carbons (Fsp3) is 0.600. The highest BCUT2D eigenvalue weighted by molar-refractivity contribution is 9.09. The van der Waals surface area contributed by atoms with Gasteiger partial charge in [0, 0.05) is 9.85 Å². The average Bonchev–Trinajstić information content (AvgIpc) is 2.32. The molecule has 19 heavy (non-hydrogen) atoms. The largest absolute Gasteiger partial charge is 0.204 e. The van der Waals surface area contributed by atoms with Crippen molar-refractivity contribution in [3.05, 3.63) is 34.4 Å². The fourth-order valence-corrected chi connectivity index (χ4v) is 4.09. The first kappa shape index (κ1) is 15.2. The van der Waals surface area contributed by atoms with Gasteiger partial charge in [-0.05, 0) is 36.5 Å². The molecule has 0 heterocycles. The first-order valence-corrected chi connectivity index (χ1v) is 8.17. The summed E-state index contributed by atoms with van der Waals surface area (Å²) in [5.41, 5.74) is 0.672. The lowest BCUT2D eigenvalue weighted by Gasteiger charge is -2.25. The Morgan fingerprint density at radius 3 is 2.16 bits per heavy atom. The number of hydrogen-bond donors (Lipinski definition) is 0. The van der Waals surface area contributed by atoms with Crippen LogP contribution in [0.25, 0.3) is 0 Å². The van der Waals surface area contributed by atoms with E-state index in [2.05, 4.69) is 15.9 Å². The summed E-state index contributed by atoms with van der Waals surface area (Å²) >= 11 is 9.70. The van der Waals surface area contributed by atoms with Crippen LogP contribution < -0.4 is 0 Å². The fourth-order valence-electron chi connectivity index (χ4n) is 2.78. The van der Waals surface area contributed by atoms with Crippen molar-refractivity contribution in [1.82, 2.24) is 0 Å². The van der Waals surface area contributed by atoms with Gasteiger partial charge in [-0.25, -0.2) is 8.78 Å². The van der Waals surface area contributed by atoms with Crippen LogP contribution in [0, 0.1) is 17.6 Å². The molecule has 1 unspecified atom stereocenters. The van der Waals surface area contributed by atoms with Gasteiger partial charge >= 0.3 is 0 Å². The van der Waals surface area contributed by atoms with E-state index in [4.69, 9.17) is 11.6 Å². The molecule has 0 aliphatic heterocycles. The quantitative estimate of drug-likeness (QED) is 0.426. The second-order valence-electron chi connectivity index (χ2n) is 5.29. The lowest BCUT2D eigenvalue weighted by Crippen LogP contribution is -2.11.